The second-order valence-electron chi connectivity index (χ2n) is 3.24. The third kappa shape index (κ3) is 2.03. The second-order valence-corrected chi connectivity index (χ2v) is 4.33. The Labute approximate surface area is 96.6 Å². The van der Waals surface area contributed by atoms with Crippen molar-refractivity contribution in [2.75, 3.05) is 5.73 Å². The summed E-state index contributed by atoms with van der Waals surface area (Å²) in [4.78, 5) is 4.58. The average molecular weight is 231 g/mol. The highest BCUT2D eigenvalue weighted by atomic mass is 32.1. The number of hydrogen-bond donors (Lipinski definition) is 2. The summed E-state index contributed by atoms with van der Waals surface area (Å²) in [6.07, 6.45) is 0.825. The molecule has 0 aliphatic carbocycles. The molecule has 80 valence electrons. The van der Waals surface area contributed by atoms with Gasteiger partial charge < -0.3 is 10.8 Å². The van der Waals surface area contributed by atoms with Crippen LogP contribution < -0.4 is 5.73 Å². The van der Waals surface area contributed by atoms with E-state index >= 15 is 0 Å². The van der Waals surface area contributed by atoms with E-state index in [0.717, 1.165) is 5.56 Å². The molecule has 0 saturated carbocycles. The highest BCUT2D eigenvalue weighted by molar-refractivity contribution is 7.15. The van der Waals surface area contributed by atoms with Crippen LogP contribution in [0.15, 0.2) is 30.5 Å². The molecule has 1 atom stereocenters. The Balaban J connectivity index is 2.27. The zero-order chi connectivity index (χ0) is 11.5. The van der Waals surface area contributed by atoms with Crippen LogP contribution in [0.4, 0.5) is 5.13 Å². The normalized spacial score (nSPS) is 12.0. The predicted molar refractivity (Wildman–Crippen MR) is 61.7 cm³/mol. The van der Waals surface area contributed by atoms with Crippen LogP contribution in [0, 0.1) is 11.3 Å². The molecule has 5 heteroatoms. The number of nitrogen functional groups attached to an aromatic ring is 1. The molecule has 2 rings (SSSR count). The maximum absolute atomic E-state index is 10.0. The van der Waals surface area contributed by atoms with Crippen molar-refractivity contribution in [1.29, 1.82) is 5.26 Å². The molecule has 4 nitrogen and oxygen atoms in total. The molecular formula is C11H9N3OS. The van der Waals surface area contributed by atoms with Crippen molar-refractivity contribution in [3.8, 4) is 6.07 Å². The Kier molecular flexibility index (Phi) is 2.86. The topological polar surface area (TPSA) is 82.9 Å². The van der Waals surface area contributed by atoms with E-state index in [0.29, 0.717) is 15.6 Å². The van der Waals surface area contributed by atoms with Gasteiger partial charge in [0, 0.05) is 6.20 Å². The van der Waals surface area contributed by atoms with Crippen LogP contribution in [0.5, 0.6) is 0 Å². The predicted octanol–water partition coefficient (Wildman–Crippen LogP) is 1.68. The Morgan fingerprint density at radius 2 is 2.06 bits per heavy atom. The van der Waals surface area contributed by atoms with Crippen molar-refractivity contribution in [3.63, 3.8) is 0 Å². The Bertz CT molecular complexity index is 527. The lowest BCUT2D eigenvalue weighted by Crippen LogP contribution is -1.96. The molecular weight excluding hydrogens is 222 g/mol. The van der Waals surface area contributed by atoms with E-state index in [1.165, 1.54) is 11.3 Å². The summed E-state index contributed by atoms with van der Waals surface area (Å²) in [6.45, 7) is 0. The Morgan fingerprint density at radius 1 is 1.38 bits per heavy atom. The molecule has 3 N–H and O–H groups in total. The van der Waals surface area contributed by atoms with Crippen LogP contribution in [0.2, 0.25) is 0 Å². The fraction of sp³-hybridized carbons (Fsp3) is 0.0909. The van der Waals surface area contributed by atoms with Crippen LogP contribution >= 0.6 is 11.3 Å². The number of rotatable bonds is 2. The zero-order valence-electron chi connectivity index (χ0n) is 8.29. The van der Waals surface area contributed by atoms with E-state index in [9.17, 15) is 5.11 Å². The first-order valence-electron chi connectivity index (χ1n) is 4.60. The summed E-state index contributed by atoms with van der Waals surface area (Å²) in [5, 5.41) is 19.1. The number of thiazole rings is 1. The molecule has 0 aliphatic rings. The summed E-state index contributed by atoms with van der Waals surface area (Å²) >= 11 is 1.25. The monoisotopic (exact) mass is 231 g/mol. The molecule has 0 fully saturated rings. The van der Waals surface area contributed by atoms with Gasteiger partial charge in [-0.15, -0.1) is 0 Å². The lowest BCUT2D eigenvalue weighted by atomic mass is 10.1. The highest BCUT2D eigenvalue weighted by Gasteiger charge is 2.13. The van der Waals surface area contributed by atoms with Crippen molar-refractivity contribution >= 4 is 16.5 Å². The first-order valence-corrected chi connectivity index (χ1v) is 5.41. The minimum absolute atomic E-state index is 0.433. The van der Waals surface area contributed by atoms with Gasteiger partial charge in [0.2, 0.25) is 0 Å². The number of nitriles is 1. The summed E-state index contributed by atoms with van der Waals surface area (Å²) in [7, 11) is 0. The number of hydrogen-bond acceptors (Lipinski definition) is 5. The maximum Gasteiger partial charge on any atom is 0.180 e. The molecule has 0 spiro atoms. The molecule has 0 aliphatic heterocycles. The fourth-order valence-corrected chi connectivity index (χ4v) is 2.03. The van der Waals surface area contributed by atoms with Crippen molar-refractivity contribution in [1.82, 2.24) is 4.98 Å². The molecule has 0 saturated heterocycles. The minimum Gasteiger partial charge on any atom is -0.383 e. The van der Waals surface area contributed by atoms with Gasteiger partial charge in [0.05, 0.1) is 16.5 Å². The van der Waals surface area contributed by atoms with Gasteiger partial charge in [0.15, 0.2) is 5.13 Å². The molecule has 1 aromatic carbocycles. The Morgan fingerprint density at radius 3 is 2.56 bits per heavy atom. The Hall–Kier alpha value is -1.90. The molecule has 1 aromatic heterocycles. The third-order valence-electron chi connectivity index (χ3n) is 2.17. The number of nitrogens with zero attached hydrogens (tertiary/aromatic N) is 2. The summed E-state index contributed by atoms with van der Waals surface area (Å²) in [5.74, 6) is 0. The molecule has 2 aromatic rings. The number of aliphatic hydroxyl groups is 1. The van der Waals surface area contributed by atoms with Crippen LogP contribution in [-0.4, -0.2) is 10.1 Å². The number of aromatic nitrogens is 1. The minimum atomic E-state index is -0.734. The molecule has 1 heterocycles. The smallest absolute Gasteiger partial charge is 0.180 e. The quantitative estimate of drug-likeness (QED) is 0.823. The lowest BCUT2D eigenvalue weighted by Gasteiger charge is -2.07. The molecule has 0 amide bonds. The highest BCUT2D eigenvalue weighted by Crippen LogP contribution is 2.27. The van der Waals surface area contributed by atoms with Crippen LogP contribution in [0.3, 0.4) is 0 Å². The SMILES string of the molecule is N#Cc1ccc(C(O)c2cnc(N)s2)cc1. The van der Waals surface area contributed by atoms with Gasteiger partial charge in [-0.1, -0.05) is 23.5 Å². The van der Waals surface area contributed by atoms with E-state index in [1.807, 2.05) is 6.07 Å². The number of benzene rings is 1. The summed E-state index contributed by atoms with van der Waals surface area (Å²) < 4.78 is 0. The van der Waals surface area contributed by atoms with Crippen molar-refractivity contribution in [2.45, 2.75) is 6.10 Å². The fourth-order valence-electron chi connectivity index (χ4n) is 1.33. The molecule has 1 unspecified atom stereocenters. The maximum atomic E-state index is 10.0. The number of nitrogens with two attached hydrogens (primary N) is 1. The van der Waals surface area contributed by atoms with Crippen molar-refractivity contribution in [2.24, 2.45) is 0 Å². The summed E-state index contributed by atoms with van der Waals surface area (Å²) in [5.41, 5.74) is 6.79. The molecule has 16 heavy (non-hydrogen) atoms. The molecule has 0 bridgehead atoms. The van der Waals surface area contributed by atoms with Crippen molar-refractivity contribution in [3.05, 3.63) is 46.5 Å². The third-order valence-corrected chi connectivity index (χ3v) is 3.05. The summed E-state index contributed by atoms with van der Waals surface area (Å²) in [6, 6.07) is 8.81. The van der Waals surface area contributed by atoms with E-state index in [-0.39, 0.29) is 0 Å². The average Bonchev–Trinajstić information content (AvgIpc) is 2.75. The van der Waals surface area contributed by atoms with Crippen LogP contribution in [0.25, 0.3) is 0 Å². The van der Waals surface area contributed by atoms with E-state index < -0.39 is 6.10 Å². The lowest BCUT2D eigenvalue weighted by molar-refractivity contribution is 0.224. The van der Waals surface area contributed by atoms with Gasteiger partial charge >= 0.3 is 0 Å². The van der Waals surface area contributed by atoms with E-state index in [2.05, 4.69) is 4.98 Å². The van der Waals surface area contributed by atoms with Gasteiger partial charge in [-0.3, -0.25) is 0 Å². The number of aliphatic hydroxyl groups excluding tert-OH is 1. The first kappa shape index (κ1) is 10.6. The second kappa shape index (κ2) is 4.31. The van der Waals surface area contributed by atoms with Gasteiger partial charge in [-0.25, -0.2) is 4.98 Å². The molecule has 0 radical (unpaired) electrons. The van der Waals surface area contributed by atoms with Gasteiger partial charge in [0.25, 0.3) is 0 Å². The van der Waals surface area contributed by atoms with E-state index in [1.54, 1.807) is 30.5 Å². The van der Waals surface area contributed by atoms with Gasteiger partial charge in [-0.05, 0) is 17.7 Å². The van der Waals surface area contributed by atoms with Crippen molar-refractivity contribution < 1.29 is 5.11 Å². The van der Waals surface area contributed by atoms with Gasteiger partial charge in [0.1, 0.15) is 6.10 Å². The largest absolute Gasteiger partial charge is 0.383 e. The van der Waals surface area contributed by atoms with Crippen LogP contribution in [-0.2, 0) is 0 Å². The first-order chi connectivity index (χ1) is 7.70. The van der Waals surface area contributed by atoms with E-state index in [4.69, 9.17) is 11.0 Å². The standard InChI is InChI=1S/C11H9N3OS/c12-5-7-1-3-8(4-2-7)10(15)9-6-14-11(13)16-9/h1-4,6,10,15H,(H2,13,14). The van der Waals surface area contributed by atoms with Gasteiger partial charge in [-0.2, -0.15) is 5.26 Å². The zero-order valence-corrected chi connectivity index (χ0v) is 9.11. The number of anilines is 1. The van der Waals surface area contributed by atoms with Crippen LogP contribution in [0.1, 0.15) is 22.1 Å².